The van der Waals surface area contributed by atoms with Crippen molar-refractivity contribution in [2.24, 2.45) is 4.99 Å². The Morgan fingerprint density at radius 1 is 1.38 bits per heavy atom. The summed E-state index contributed by atoms with van der Waals surface area (Å²) >= 11 is 1.84. The molecule has 1 aromatic rings. The first-order valence-electron chi connectivity index (χ1n) is 6.74. The summed E-state index contributed by atoms with van der Waals surface area (Å²) in [6.07, 6.45) is 5.10. The van der Waals surface area contributed by atoms with Crippen LogP contribution in [0.25, 0.3) is 0 Å². The first-order chi connectivity index (χ1) is 10.2. The molecule has 0 N–H and O–H groups in total. The molecule has 114 valence electrons. The Bertz CT molecular complexity index is 592. The van der Waals surface area contributed by atoms with Gasteiger partial charge in [-0.25, -0.2) is 0 Å². The predicted octanol–water partition coefficient (Wildman–Crippen LogP) is 0.139. The molecule has 5 nitrogen and oxygen atoms in total. The molecule has 0 radical (unpaired) electrons. The van der Waals surface area contributed by atoms with E-state index in [1.165, 1.54) is 0 Å². The molecule has 21 heavy (non-hydrogen) atoms. The second kappa shape index (κ2) is 6.67. The first-order valence-corrected chi connectivity index (χ1v) is 13.9. The molecule has 1 amide bonds. The van der Waals surface area contributed by atoms with Gasteiger partial charge in [0.1, 0.15) is 0 Å². The van der Waals surface area contributed by atoms with E-state index in [1.54, 1.807) is 13.2 Å². The van der Waals surface area contributed by atoms with Crippen molar-refractivity contribution in [1.29, 1.82) is 0 Å². The Hall–Kier alpha value is -0.580. The monoisotopic (exact) mass is 513 g/mol. The van der Waals surface area contributed by atoms with Crippen molar-refractivity contribution in [2.45, 2.75) is 25.3 Å². The minimum absolute atomic E-state index is 0.0428. The van der Waals surface area contributed by atoms with Crippen LogP contribution in [0, 0.1) is 0 Å². The molecule has 2 aliphatic heterocycles. The summed E-state index contributed by atoms with van der Waals surface area (Å²) in [6.45, 7) is 0.800. The number of hydrogen-bond acceptors (Lipinski definition) is 4. The van der Waals surface area contributed by atoms with Crippen LogP contribution < -0.4 is 25.4 Å². The van der Waals surface area contributed by atoms with Crippen LogP contribution in [0.3, 0.4) is 0 Å². The van der Waals surface area contributed by atoms with Crippen LogP contribution in [0.15, 0.2) is 17.1 Å². The molecular formula is C14H15I2N2O3-. The number of carbonyl (C=O) groups excluding carboxylic acids is 1. The third kappa shape index (κ3) is 2.99. The third-order valence-electron chi connectivity index (χ3n) is 3.82. The number of amides is 1. The van der Waals surface area contributed by atoms with Crippen molar-refractivity contribution in [1.82, 2.24) is 4.90 Å². The normalized spacial score (nSPS) is 20.8. The Labute approximate surface area is 144 Å². The topological polar surface area (TPSA) is 51.1 Å². The molecule has 1 aromatic carbocycles. The zero-order chi connectivity index (χ0) is 14.8. The van der Waals surface area contributed by atoms with Gasteiger partial charge in [0.15, 0.2) is 0 Å². The number of hydrogen-bond donors (Lipinski definition) is 0. The van der Waals surface area contributed by atoms with E-state index in [0.29, 0.717) is 22.7 Å². The van der Waals surface area contributed by atoms with E-state index in [-0.39, 0.29) is 11.9 Å². The third-order valence-corrected chi connectivity index (χ3v) is 5.58. The van der Waals surface area contributed by atoms with Crippen LogP contribution in [-0.4, -0.2) is 36.7 Å². The Morgan fingerprint density at radius 3 is 3.00 bits per heavy atom. The number of nitrogens with zero attached hydrogens (tertiary/aromatic N) is 2. The minimum atomic E-state index is -0.398. The maximum absolute atomic E-state index is 12.8. The number of benzene rings is 1. The summed E-state index contributed by atoms with van der Waals surface area (Å²) in [6, 6.07) is 3.70. The van der Waals surface area contributed by atoms with E-state index >= 15 is 0 Å². The van der Waals surface area contributed by atoms with Gasteiger partial charge in [0, 0.05) is 0 Å². The number of piperidine rings is 1. The van der Waals surface area contributed by atoms with E-state index in [9.17, 15) is 4.79 Å². The summed E-state index contributed by atoms with van der Waals surface area (Å²) in [5.41, 5.74) is 1.28. The summed E-state index contributed by atoms with van der Waals surface area (Å²) < 4.78 is 11.0. The first kappa shape index (κ1) is 15.3. The van der Waals surface area contributed by atoms with Gasteiger partial charge in [-0.3, -0.25) is 0 Å². The van der Waals surface area contributed by atoms with Gasteiger partial charge in [-0.15, -0.1) is 0 Å². The molecule has 0 bridgehead atoms. The molecule has 0 unspecified atom stereocenters. The van der Waals surface area contributed by atoms with Crippen molar-refractivity contribution in [3.63, 3.8) is 0 Å². The Balaban J connectivity index is 2.05. The second-order valence-corrected chi connectivity index (χ2v) is 8.00. The number of halogens is 2. The summed E-state index contributed by atoms with van der Waals surface area (Å²) in [5.74, 6) is 1.31. The van der Waals surface area contributed by atoms with Crippen molar-refractivity contribution in [3.8, 4) is 11.5 Å². The number of carbonyl (C=O) groups is 1. The summed E-state index contributed by atoms with van der Waals surface area (Å²) in [7, 11) is 1.59. The molecule has 0 aliphatic carbocycles. The molecule has 7 heteroatoms. The number of rotatable bonds is 3. The van der Waals surface area contributed by atoms with Crippen LogP contribution >= 0.6 is 18.6 Å². The van der Waals surface area contributed by atoms with E-state index in [1.807, 2.05) is 17.2 Å². The zero-order valence-electron chi connectivity index (χ0n) is 11.5. The second-order valence-electron chi connectivity index (χ2n) is 5.00. The van der Waals surface area contributed by atoms with Crippen molar-refractivity contribution in [2.75, 3.05) is 13.7 Å². The molecule has 0 aromatic heterocycles. The van der Waals surface area contributed by atoms with Gasteiger partial charge >= 0.3 is 145 Å². The van der Waals surface area contributed by atoms with Crippen LogP contribution in [0.5, 0.6) is 11.5 Å². The molecule has 1 atom stereocenters. The van der Waals surface area contributed by atoms with Crippen molar-refractivity contribution < 1.29 is 30.2 Å². The number of fused-ring (bicyclic) bond motifs is 2. The van der Waals surface area contributed by atoms with Gasteiger partial charge in [0.2, 0.25) is 0 Å². The van der Waals surface area contributed by atoms with E-state index in [0.717, 1.165) is 25.8 Å². The van der Waals surface area contributed by atoms with Gasteiger partial charge in [0.05, 0.1) is 0 Å². The van der Waals surface area contributed by atoms with Gasteiger partial charge in [-0.05, 0) is 0 Å². The van der Waals surface area contributed by atoms with E-state index < -0.39 is 17.6 Å². The molecule has 0 spiro atoms. The van der Waals surface area contributed by atoms with Gasteiger partial charge in [0.25, 0.3) is 0 Å². The average Bonchev–Trinajstić information content (AvgIpc) is 2.65. The SMILES string of the molecule is COc1cc2c(cc1O[I-]I)N=C[C@@H]1CCCCN1C2=O. The summed E-state index contributed by atoms with van der Waals surface area (Å²) in [5, 5.41) is 0. The maximum atomic E-state index is 12.8. The summed E-state index contributed by atoms with van der Waals surface area (Å²) in [4.78, 5) is 19.2. The van der Waals surface area contributed by atoms with Gasteiger partial charge in [-0.1, -0.05) is 0 Å². The zero-order valence-corrected chi connectivity index (χ0v) is 15.8. The van der Waals surface area contributed by atoms with Crippen molar-refractivity contribution in [3.05, 3.63) is 17.7 Å². The molecule has 2 aliphatic rings. The van der Waals surface area contributed by atoms with Gasteiger partial charge in [-0.2, -0.15) is 0 Å². The van der Waals surface area contributed by atoms with Crippen molar-refractivity contribution >= 4 is 36.4 Å². The molecular weight excluding hydrogens is 498 g/mol. The molecule has 0 saturated carbocycles. The Morgan fingerprint density at radius 2 is 2.24 bits per heavy atom. The predicted molar refractivity (Wildman–Crippen MR) is 84.5 cm³/mol. The molecule has 1 fully saturated rings. The van der Waals surface area contributed by atoms with Crippen LogP contribution in [0.2, 0.25) is 0 Å². The quantitative estimate of drug-likeness (QED) is 0.541. The number of aliphatic imine (C=N–C) groups is 1. The molecule has 2 heterocycles. The van der Waals surface area contributed by atoms with Crippen LogP contribution in [0.1, 0.15) is 29.6 Å². The fourth-order valence-corrected chi connectivity index (χ4v) is 4.49. The fourth-order valence-electron chi connectivity index (χ4n) is 2.76. The van der Waals surface area contributed by atoms with E-state index in [4.69, 9.17) is 7.80 Å². The van der Waals surface area contributed by atoms with E-state index in [2.05, 4.69) is 23.6 Å². The number of ether oxygens (including phenoxy) is 1. The molecule has 1 saturated heterocycles. The van der Waals surface area contributed by atoms with Gasteiger partial charge < -0.3 is 0 Å². The average molecular weight is 513 g/mol. The standard InChI is InChI=1S/C14H15I2N2O3/c1-20-12-6-10-11(7-13(12)21-16-15)17-8-9-4-2-3-5-18(9)14(10)19/h6-9H,2-5H2,1H3/q-1/t9-/m0/s1. The van der Waals surface area contributed by atoms with Crippen LogP contribution in [0.4, 0.5) is 5.69 Å². The fraction of sp³-hybridized carbons (Fsp3) is 0.429. The Kier molecular flexibility index (Phi) is 4.87. The van der Waals surface area contributed by atoms with Crippen LogP contribution in [-0.2, 0) is 0 Å². The molecule has 3 rings (SSSR count). The number of methoxy groups -OCH3 is 1.